The van der Waals surface area contributed by atoms with Crippen molar-refractivity contribution in [2.45, 2.75) is 12.8 Å². The number of unbranched alkanes of at least 4 members (excludes halogenated alkanes) is 1. The van der Waals surface area contributed by atoms with E-state index in [2.05, 4.69) is 0 Å². The molecule has 0 aliphatic heterocycles. The Bertz CT molecular complexity index is 69.9. The highest BCUT2D eigenvalue weighted by Gasteiger charge is 1.75. The van der Waals surface area contributed by atoms with Crippen LogP contribution >= 0.6 is 0 Å². The third kappa shape index (κ3) is 158. The van der Waals surface area contributed by atoms with E-state index in [0.29, 0.717) is 0 Å². The zero-order valence-electron chi connectivity index (χ0n) is 6.85. The fraction of sp³-hybridized carbons (Fsp3) is 0.667. The second-order valence-corrected chi connectivity index (χ2v) is 1.50. The first-order valence-corrected chi connectivity index (χ1v) is 3.30. The average molecular weight is 180 g/mol. The van der Waals surface area contributed by atoms with Crippen LogP contribution in [0.1, 0.15) is 12.8 Å². The molecular formula is C6H16N2O4. The molecule has 74 valence electrons. The summed E-state index contributed by atoms with van der Waals surface area (Å²) in [5.74, 6) is 0. The van der Waals surface area contributed by atoms with Gasteiger partial charge in [-0.05, 0) is 25.9 Å². The highest BCUT2D eigenvalue weighted by atomic mass is 16.3. The molecule has 0 bridgehead atoms. The first kappa shape index (κ1) is 17.1. The molecule has 0 spiro atoms. The summed E-state index contributed by atoms with van der Waals surface area (Å²) in [6.45, 7) is 1.05. The van der Waals surface area contributed by atoms with E-state index in [-0.39, 0.29) is 12.9 Å². The summed E-state index contributed by atoms with van der Waals surface area (Å²) in [7, 11) is 0. The van der Waals surface area contributed by atoms with Crippen molar-refractivity contribution < 1.29 is 19.8 Å². The number of carboxylic acid groups (broad SMARTS) is 2. The molecule has 0 aliphatic carbocycles. The maximum absolute atomic E-state index is 8.36. The van der Waals surface area contributed by atoms with Gasteiger partial charge in [-0.3, -0.25) is 9.59 Å². The van der Waals surface area contributed by atoms with Gasteiger partial charge in [0.05, 0.1) is 0 Å². The molecule has 0 radical (unpaired) electrons. The number of nitrogens with two attached hydrogens (primary N) is 2. The molecule has 0 unspecified atom stereocenters. The normalized spacial score (nSPS) is 6.50. The molecule has 0 aromatic carbocycles. The summed E-state index contributed by atoms with van der Waals surface area (Å²) in [6, 6.07) is 0. The predicted octanol–water partition coefficient (Wildman–Crippen LogP) is -0.914. The molecule has 6 N–H and O–H groups in total. The molecule has 0 saturated carbocycles. The molecule has 12 heavy (non-hydrogen) atoms. The Morgan fingerprint density at radius 3 is 1.17 bits per heavy atom. The molecule has 6 heteroatoms. The molecule has 0 fully saturated rings. The number of rotatable bonds is 3. The molecule has 0 rings (SSSR count). The topological polar surface area (TPSA) is 127 Å². The minimum atomic E-state index is -0.250. The fourth-order valence-corrected chi connectivity index (χ4v) is 0.289. The maximum Gasteiger partial charge on any atom is 0.290 e. The Balaban J connectivity index is -0.000000115. The molecule has 6 nitrogen and oxygen atoms in total. The second-order valence-electron chi connectivity index (χ2n) is 1.50. The molecule has 0 aromatic heterocycles. The SMILES string of the molecule is NCCCCN.O=CO.O=CO. The summed E-state index contributed by atoms with van der Waals surface area (Å²) in [6.07, 6.45) is 2.13. The van der Waals surface area contributed by atoms with Gasteiger partial charge in [0.25, 0.3) is 12.9 Å². The number of carbonyl (C=O) groups is 2. The molecular weight excluding hydrogens is 164 g/mol. The van der Waals surface area contributed by atoms with Crippen molar-refractivity contribution >= 4 is 12.9 Å². The van der Waals surface area contributed by atoms with Crippen LogP contribution in [-0.4, -0.2) is 36.2 Å². The average Bonchev–Trinajstić information content (AvgIpc) is 2.04. The fourth-order valence-electron chi connectivity index (χ4n) is 0.289. The van der Waals surface area contributed by atoms with Gasteiger partial charge in [-0.15, -0.1) is 0 Å². The van der Waals surface area contributed by atoms with Gasteiger partial charge in [-0.2, -0.15) is 0 Å². The highest BCUT2D eigenvalue weighted by Crippen LogP contribution is 1.77. The van der Waals surface area contributed by atoms with Gasteiger partial charge in [0.15, 0.2) is 0 Å². The number of hydrogen-bond donors (Lipinski definition) is 4. The van der Waals surface area contributed by atoms with E-state index in [9.17, 15) is 0 Å². The van der Waals surface area contributed by atoms with E-state index in [1.54, 1.807) is 0 Å². The zero-order chi connectivity index (χ0) is 10.2. The second kappa shape index (κ2) is 32.8. The monoisotopic (exact) mass is 180 g/mol. The first-order valence-electron chi connectivity index (χ1n) is 3.30. The lowest BCUT2D eigenvalue weighted by atomic mass is 10.3. The van der Waals surface area contributed by atoms with Gasteiger partial charge in [-0.1, -0.05) is 0 Å². The molecule has 0 aromatic rings. The van der Waals surface area contributed by atoms with E-state index in [1.807, 2.05) is 0 Å². The zero-order valence-corrected chi connectivity index (χ0v) is 6.85. The predicted molar refractivity (Wildman–Crippen MR) is 44.7 cm³/mol. The number of hydrogen-bond acceptors (Lipinski definition) is 4. The van der Waals surface area contributed by atoms with Crippen LogP contribution in [0.25, 0.3) is 0 Å². The van der Waals surface area contributed by atoms with Crippen molar-refractivity contribution in [3.05, 3.63) is 0 Å². The Morgan fingerprint density at radius 1 is 0.917 bits per heavy atom. The van der Waals surface area contributed by atoms with Crippen molar-refractivity contribution in [3.8, 4) is 0 Å². The summed E-state index contributed by atoms with van der Waals surface area (Å²) in [4.78, 5) is 16.7. The van der Waals surface area contributed by atoms with E-state index in [0.717, 1.165) is 25.9 Å². The van der Waals surface area contributed by atoms with Gasteiger partial charge >= 0.3 is 0 Å². The summed E-state index contributed by atoms with van der Waals surface area (Å²) < 4.78 is 0. The molecule has 0 amide bonds. The van der Waals surface area contributed by atoms with Crippen molar-refractivity contribution in [1.29, 1.82) is 0 Å². The first-order chi connectivity index (χ1) is 5.74. The summed E-state index contributed by atoms with van der Waals surface area (Å²) >= 11 is 0. The van der Waals surface area contributed by atoms with E-state index in [4.69, 9.17) is 31.3 Å². The minimum absolute atomic E-state index is 0.250. The Hall–Kier alpha value is -1.14. The van der Waals surface area contributed by atoms with Crippen LogP contribution in [0.15, 0.2) is 0 Å². The third-order valence-corrected chi connectivity index (χ3v) is 0.658. The lowest BCUT2D eigenvalue weighted by molar-refractivity contribution is -0.123. The minimum Gasteiger partial charge on any atom is -0.483 e. The van der Waals surface area contributed by atoms with Gasteiger partial charge in [0, 0.05) is 0 Å². The van der Waals surface area contributed by atoms with Crippen LogP contribution in [0.2, 0.25) is 0 Å². The van der Waals surface area contributed by atoms with Crippen LogP contribution in [0.5, 0.6) is 0 Å². The van der Waals surface area contributed by atoms with Gasteiger partial charge in [0.2, 0.25) is 0 Å². The van der Waals surface area contributed by atoms with Crippen LogP contribution < -0.4 is 11.5 Å². The van der Waals surface area contributed by atoms with Gasteiger partial charge in [-0.25, -0.2) is 0 Å². The van der Waals surface area contributed by atoms with Crippen molar-refractivity contribution in [1.82, 2.24) is 0 Å². The Morgan fingerprint density at radius 2 is 1.08 bits per heavy atom. The van der Waals surface area contributed by atoms with Crippen LogP contribution in [-0.2, 0) is 9.59 Å². The third-order valence-electron chi connectivity index (χ3n) is 0.658. The largest absolute Gasteiger partial charge is 0.483 e. The summed E-state index contributed by atoms with van der Waals surface area (Å²) in [5.41, 5.74) is 10.3. The van der Waals surface area contributed by atoms with E-state index < -0.39 is 0 Å². The lowest BCUT2D eigenvalue weighted by Gasteiger charge is -1.87. The Kier molecular flexibility index (Phi) is 46.7. The smallest absolute Gasteiger partial charge is 0.290 e. The van der Waals surface area contributed by atoms with Crippen molar-refractivity contribution in [2.75, 3.05) is 13.1 Å². The van der Waals surface area contributed by atoms with Crippen molar-refractivity contribution in [2.24, 2.45) is 11.5 Å². The molecule has 0 atom stereocenters. The standard InChI is InChI=1S/C4H12N2.2CH2O2/c5-3-1-2-4-6;2*2-1-3/h1-6H2;2*1H,(H,2,3). The molecule has 0 saturated heterocycles. The Labute approximate surface area is 71.2 Å². The quantitative estimate of drug-likeness (QED) is 0.329. The van der Waals surface area contributed by atoms with Gasteiger partial charge < -0.3 is 21.7 Å². The lowest BCUT2D eigenvalue weighted by Crippen LogP contribution is -2.03. The maximum atomic E-state index is 8.36. The molecule has 0 heterocycles. The van der Waals surface area contributed by atoms with Crippen molar-refractivity contribution in [3.63, 3.8) is 0 Å². The van der Waals surface area contributed by atoms with E-state index >= 15 is 0 Å². The summed E-state index contributed by atoms with van der Waals surface area (Å²) in [5, 5.41) is 13.8. The van der Waals surface area contributed by atoms with Crippen LogP contribution in [0, 0.1) is 0 Å². The van der Waals surface area contributed by atoms with E-state index in [1.165, 1.54) is 0 Å². The molecule has 0 aliphatic rings. The highest BCUT2D eigenvalue weighted by molar-refractivity contribution is 5.32. The van der Waals surface area contributed by atoms with Gasteiger partial charge in [0.1, 0.15) is 0 Å². The van der Waals surface area contributed by atoms with Crippen LogP contribution in [0.3, 0.4) is 0 Å². The van der Waals surface area contributed by atoms with Crippen LogP contribution in [0.4, 0.5) is 0 Å².